The van der Waals surface area contributed by atoms with E-state index in [0.717, 1.165) is 18.4 Å². The number of rotatable bonds is 8. The highest BCUT2D eigenvalue weighted by Gasteiger charge is 2.10. The number of benzene rings is 1. The molecule has 0 fully saturated rings. The Labute approximate surface area is 119 Å². The highest BCUT2D eigenvalue weighted by atomic mass is 16.5. The minimum absolute atomic E-state index is 0.0247. The van der Waals surface area contributed by atoms with E-state index in [4.69, 9.17) is 20.3 Å². The van der Waals surface area contributed by atoms with Gasteiger partial charge < -0.3 is 20.3 Å². The van der Waals surface area contributed by atoms with Crippen LogP contribution in [0.4, 0.5) is 4.79 Å². The third-order valence-corrected chi connectivity index (χ3v) is 3.27. The maximum Gasteiger partial charge on any atom is 0.409 e. The van der Waals surface area contributed by atoms with Crippen LogP contribution in [0, 0.1) is 5.92 Å². The molecule has 5 nitrogen and oxygen atoms in total. The summed E-state index contributed by atoms with van der Waals surface area (Å²) in [7, 11) is 0. The summed E-state index contributed by atoms with van der Waals surface area (Å²) >= 11 is 0. The maximum atomic E-state index is 10.9. The number of primary amides is 1. The molecule has 0 aliphatic rings. The van der Waals surface area contributed by atoms with Gasteiger partial charge in [-0.2, -0.15) is 0 Å². The van der Waals surface area contributed by atoms with E-state index in [0.29, 0.717) is 30.4 Å². The van der Waals surface area contributed by atoms with Crippen LogP contribution < -0.4 is 15.2 Å². The van der Waals surface area contributed by atoms with E-state index in [2.05, 4.69) is 13.8 Å². The maximum absolute atomic E-state index is 10.9. The third-order valence-electron chi connectivity index (χ3n) is 3.27. The van der Waals surface area contributed by atoms with Gasteiger partial charge in [0.25, 0.3) is 0 Å². The number of hydrogen-bond donors (Lipinski definition) is 2. The zero-order chi connectivity index (χ0) is 15.0. The Balaban J connectivity index is 2.80. The number of nitrogens with two attached hydrogens (primary N) is 1. The van der Waals surface area contributed by atoms with Crippen molar-refractivity contribution in [3.05, 3.63) is 23.8 Å². The van der Waals surface area contributed by atoms with Crippen molar-refractivity contribution in [2.45, 2.75) is 33.1 Å². The van der Waals surface area contributed by atoms with Gasteiger partial charge in [-0.3, -0.25) is 0 Å². The van der Waals surface area contributed by atoms with Crippen LogP contribution in [0.3, 0.4) is 0 Å². The number of aliphatic hydroxyl groups excluding tert-OH is 1. The Kier molecular flexibility index (Phi) is 6.87. The summed E-state index contributed by atoms with van der Waals surface area (Å²) in [5.74, 6) is 1.48. The molecule has 0 unspecified atom stereocenters. The monoisotopic (exact) mass is 281 g/mol. The van der Waals surface area contributed by atoms with Gasteiger partial charge in [0.2, 0.25) is 0 Å². The number of amides is 1. The van der Waals surface area contributed by atoms with E-state index in [1.165, 1.54) is 0 Å². The molecule has 0 radical (unpaired) electrons. The first-order valence-corrected chi connectivity index (χ1v) is 6.94. The van der Waals surface area contributed by atoms with Crippen molar-refractivity contribution >= 4 is 6.09 Å². The molecule has 0 aliphatic carbocycles. The van der Waals surface area contributed by atoms with Gasteiger partial charge >= 0.3 is 6.09 Å². The van der Waals surface area contributed by atoms with Gasteiger partial charge in [0.1, 0.15) is 11.5 Å². The number of aliphatic hydroxyl groups is 1. The van der Waals surface area contributed by atoms with Crippen LogP contribution >= 0.6 is 0 Å². The minimum atomic E-state index is -0.874. The molecule has 0 saturated carbocycles. The molecule has 3 N–H and O–H groups in total. The molecule has 0 aromatic heterocycles. The standard InChI is InChI=1S/C15H23NO4/c1-3-11(4-2)10-19-13-6-5-12(7-8-17)14(9-13)20-15(16)18/h5-6,9,11,17H,3-4,7-8,10H2,1-2H3,(H2,16,18). The van der Waals surface area contributed by atoms with Gasteiger partial charge in [0.15, 0.2) is 0 Å². The van der Waals surface area contributed by atoms with Crippen molar-refractivity contribution in [2.75, 3.05) is 13.2 Å². The fourth-order valence-corrected chi connectivity index (χ4v) is 1.89. The molecule has 1 aromatic carbocycles. The summed E-state index contributed by atoms with van der Waals surface area (Å²) in [5.41, 5.74) is 5.76. The van der Waals surface area contributed by atoms with E-state index in [9.17, 15) is 4.79 Å². The van der Waals surface area contributed by atoms with Crippen molar-refractivity contribution in [1.82, 2.24) is 0 Å². The first-order chi connectivity index (χ1) is 9.60. The summed E-state index contributed by atoms with van der Waals surface area (Å²) in [6, 6.07) is 5.22. The number of carbonyl (C=O) groups excluding carboxylic acids is 1. The van der Waals surface area contributed by atoms with Crippen molar-refractivity contribution in [2.24, 2.45) is 11.7 Å². The molecule has 0 atom stereocenters. The second kappa shape index (κ2) is 8.43. The van der Waals surface area contributed by atoms with Gasteiger partial charge in [-0.1, -0.05) is 32.8 Å². The topological polar surface area (TPSA) is 81.8 Å². The largest absolute Gasteiger partial charge is 0.493 e. The molecule has 0 bridgehead atoms. The molecule has 20 heavy (non-hydrogen) atoms. The first kappa shape index (κ1) is 16.3. The summed E-state index contributed by atoms with van der Waals surface area (Å²) in [6.45, 7) is 4.86. The van der Waals surface area contributed by atoms with Crippen molar-refractivity contribution in [3.63, 3.8) is 0 Å². The first-order valence-electron chi connectivity index (χ1n) is 6.94. The molecule has 0 saturated heterocycles. The van der Waals surface area contributed by atoms with Crippen molar-refractivity contribution in [1.29, 1.82) is 0 Å². The van der Waals surface area contributed by atoms with Crippen molar-refractivity contribution in [3.8, 4) is 11.5 Å². The number of hydrogen-bond acceptors (Lipinski definition) is 4. The third kappa shape index (κ3) is 5.09. The molecule has 5 heteroatoms. The van der Waals surface area contributed by atoms with E-state index >= 15 is 0 Å². The van der Waals surface area contributed by atoms with Crippen LogP contribution in [0.15, 0.2) is 18.2 Å². The molecule has 0 aliphatic heterocycles. The van der Waals surface area contributed by atoms with Gasteiger partial charge in [0.05, 0.1) is 6.61 Å². The molecule has 112 valence electrons. The normalized spacial score (nSPS) is 10.6. The van der Waals surface area contributed by atoms with Gasteiger partial charge in [0, 0.05) is 12.7 Å². The summed E-state index contributed by atoms with van der Waals surface area (Å²) < 4.78 is 10.7. The van der Waals surface area contributed by atoms with Crippen LogP contribution in [-0.4, -0.2) is 24.4 Å². The molecule has 1 aromatic rings. The molecule has 0 heterocycles. The zero-order valence-electron chi connectivity index (χ0n) is 12.1. The molecule has 1 rings (SSSR count). The van der Waals surface area contributed by atoms with E-state index in [1.54, 1.807) is 18.2 Å². The van der Waals surface area contributed by atoms with Gasteiger partial charge in [-0.05, 0) is 24.0 Å². The fourth-order valence-electron chi connectivity index (χ4n) is 1.89. The lowest BCUT2D eigenvalue weighted by atomic mass is 10.1. The predicted octanol–water partition coefficient (Wildman–Crippen LogP) is 2.49. The summed E-state index contributed by atoms with van der Waals surface area (Å²) in [6.07, 6.45) is 1.64. The second-order valence-corrected chi connectivity index (χ2v) is 4.66. The fraction of sp³-hybridized carbons (Fsp3) is 0.533. The Morgan fingerprint density at radius 3 is 2.60 bits per heavy atom. The smallest absolute Gasteiger partial charge is 0.409 e. The quantitative estimate of drug-likeness (QED) is 0.767. The molecule has 1 amide bonds. The average Bonchev–Trinajstić information content (AvgIpc) is 2.42. The van der Waals surface area contributed by atoms with E-state index < -0.39 is 6.09 Å². The Bertz CT molecular complexity index is 430. The Hall–Kier alpha value is -1.75. The van der Waals surface area contributed by atoms with Crippen molar-refractivity contribution < 1.29 is 19.4 Å². The highest BCUT2D eigenvalue weighted by Crippen LogP contribution is 2.26. The van der Waals surface area contributed by atoms with Crippen LogP contribution in [0.2, 0.25) is 0 Å². The minimum Gasteiger partial charge on any atom is -0.493 e. The molecule has 0 spiro atoms. The van der Waals surface area contributed by atoms with Crippen LogP contribution in [0.1, 0.15) is 32.3 Å². The number of carbonyl (C=O) groups is 1. The van der Waals surface area contributed by atoms with Gasteiger partial charge in [-0.25, -0.2) is 4.79 Å². The van der Waals surface area contributed by atoms with Crippen LogP contribution in [0.5, 0.6) is 11.5 Å². The zero-order valence-corrected chi connectivity index (χ0v) is 12.1. The highest BCUT2D eigenvalue weighted by molar-refractivity contribution is 5.69. The Morgan fingerprint density at radius 1 is 1.35 bits per heavy atom. The Morgan fingerprint density at radius 2 is 2.05 bits per heavy atom. The lowest BCUT2D eigenvalue weighted by molar-refractivity contribution is 0.209. The molecular formula is C15H23NO4. The predicted molar refractivity (Wildman–Crippen MR) is 77.0 cm³/mol. The van der Waals surface area contributed by atoms with Crippen LogP contribution in [0.25, 0.3) is 0 Å². The lowest BCUT2D eigenvalue weighted by Crippen LogP contribution is -2.17. The number of ether oxygens (including phenoxy) is 2. The SMILES string of the molecule is CCC(CC)COc1ccc(CCO)c(OC(N)=O)c1. The second-order valence-electron chi connectivity index (χ2n) is 4.66. The van der Waals surface area contributed by atoms with Gasteiger partial charge in [-0.15, -0.1) is 0 Å². The van der Waals surface area contributed by atoms with E-state index in [1.807, 2.05) is 0 Å². The average molecular weight is 281 g/mol. The van der Waals surface area contributed by atoms with Crippen LogP contribution in [-0.2, 0) is 6.42 Å². The summed E-state index contributed by atoms with van der Waals surface area (Å²) in [5, 5.41) is 8.98. The van der Waals surface area contributed by atoms with E-state index in [-0.39, 0.29) is 6.61 Å². The molecular weight excluding hydrogens is 258 g/mol. The lowest BCUT2D eigenvalue weighted by Gasteiger charge is -2.15. The summed E-state index contributed by atoms with van der Waals surface area (Å²) in [4.78, 5) is 10.9.